The van der Waals surface area contributed by atoms with E-state index < -0.39 is 0 Å². The number of hydrogen-bond donors (Lipinski definition) is 2. The Labute approximate surface area is 61.6 Å². The topological polar surface area (TPSA) is 32.3 Å². The summed E-state index contributed by atoms with van der Waals surface area (Å²) in [6, 6.07) is 1.13. The van der Waals surface area contributed by atoms with Crippen LogP contribution in [-0.4, -0.2) is 23.3 Å². The minimum atomic E-state index is -0.157. The molecule has 0 amide bonds. The third kappa shape index (κ3) is 0.867. The van der Waals surface area contributed by atoms with E-state index in [0.29, 0.717) is 6.04 Å². The van der Waals surface area contributed by atoms with E-state index in [9.17, 15) is 5.11 Å². The van der Waals surface area contributed by atoms with Crippen molar-refractivity contribution in [3.8, 4) is 0 Å². The first kappa shape index (κ1) is 6.62. The molecule has 0 radical (unpaired) electrons. The van der Waals surface area contributed by atoms with Gasteiger partial charge in [0.1, 0.15) is 0 Å². The average Bonchev–Trinajstić information content (AvgIpc) is 2.44. The maximum Gasteiger partial charge on any atom is 0.0667 e. The van der Waals surface area contributed by atoms with Gasteiger partial charge in [0.25, 0.3) is 0 Å². The first-order chi connectivity index (χ1) is 4.77. The molecule has 2 N–H and O–H groups in total. The van der Waals surface area contributed by atoms with Gasteiger partial charge in [0.2, 0.25) is 0 Å². The van der Waals surface area contributed by atoms with Crippen molar-refractivity contribution in [3.05, 3.63) is 0 Å². The zero-order valence-electron chi connectivity index (χ0n) is 6.38. The molecule has 1 saturated heterocycles. The molecular weight excluding hydrogens is 126 g/mol. The molecule has 0 aromatic carbocycles. The van der Waals surface area contributed by atoms with Crippen LogP contribution in [0.4, 0.5) is 0 Å². The lowest BCUT2D eigenvalue weighted by molar-refractivity contribution is 0.122. The summed E-state index contributed by atoms with van der Waals surface area (Å²) in [5.41, 5.74) is 0. The number of rotatable bonds is 1. The molecule has 0 unspecified atom stereocenters. The molecule has 1 aliphatic heterocycles. The van der Waals surface area contributed by atoms with E-state index in [1.54, 1.807) is 0 Å². The minimum absolute atomic E-state index is 0.157. The summed E-state index contributed by atoms with van der Waals surface area (Å²) in [6.07, 6.45) is 3.80. The van der Waals surface area contributed by atoms with Gasteiger partial charge in [0.05, 0.1) is 6.10 Å². The molecule has 2 bridgehead atoms. The monoisotopic (exact) mass is 141 g/mol. The van der Waals surface area contributed by atoms with Gasteiger partial charge >= 0.3 is 0 Å². The van der Waals surface area contributed by atoms with Crippen molar-refractivity contribution in [1.82, 2.24) is 5.32 Å². The lowest BCUT2D eigenvalue weighted by Crippen LogP contribution is -2.42. The fourth-order valence-electron chi connectivity index (χ4n) is 2.44. The number of hydrogen-bond acceptors (Lipinski definition) is 2. The van der Waals surface area contributed by atoms with E-state index in [1.165, 1.54) is 19.3 Å². The molecule has 0 aromatic rings. The van der Waals surface area contributed by atoms with Gasteiger partial charge in [-0.2, -0.15) is 0 Å². The Morgan fingerprint density at radius 3 is 2.60 bits per heavy atom. The average molecular weight is 141 g/mol. The fraction of sp³-hybridized carbons (Fsp3) is 1.00. The summed E-state index contributed by atoms with van der Waals surface area (Å²) in [7, 11) is 0. The fourth-order valence-corrected chi connectivity index (χ4v) is 2.44. The largest absolute Gasteiger partial charge is 0.392 e. The smallest absolute Gasteiger partial charge is 0.0667 e. The molecule has 2 heteroatoms. The zero-order valence-corrected chi connectivity index (χ0v) is 6.38. The van der Waals surface area contributed by atoms with E-state index in [4.69, 9.17) is 0 Å². The molecule has 1 aliphatic carbocycles. The van der Waals surface area contributed by atoms with E-state index >= 15 is 0 Å². The summed E-state index contributed by atoms with van der Waals surface area (Å²) in [6.45, 7) is 1.89. The normalized spacial score (nSPS) is 48.0. The van der Waals surface area contributed by atoms with Crippen LogP contribution in [0.2, 0.25) is 0 Å². The lowest BCUT2D eigenvalue weighted by atomic mass is 9.96. The Balaban J connectivity index is 2.02. The molecule has 4 atom stereocenters. The maximum absolute atomic E-state index is 9.31. The number of fused-ring (bicyclic) bond motifs is 2. The molecule has 1 saturated carbocycles. The van der Waals surface area contributed by atoms with E-state index in [1.807, 2.05) is 6.92 Å². The van der Waals surface area contributed by atoms with Gasteiger partial charge in [-0.3, -0.25) is 0 Å². The Morgan fingerprint density at radius 1 is 1.50 bits per heavy atom. The van der Waals surface area contributed by atoms with Gasteiger partial charge < -0.3 is 10.4 Å². The standard InChI is InChI=1S/C8H15NO/c1-5(10)8-6-2-3-7(4-6)9-8/h5-10H,2-4H2,1H3/t5-,6-,7+,8+/m1/s1. The molecule has 0 aromatic heterocycles. The Morgan fingerprint density at radius 2 is 2.30 bits per heavy atom. The van der Waals surface area contributed by atoms with Crippen LogP contribution in [0.25, 0.3) is 0 Å². The van der Waals surface area contributed by atoms with Gasteiger partial charge in [0, 0.05) is 12.1 Å². The molecule has 1 heterocycles. The summed E-state index contributed by atoms with van der Waals surface area (Å²) in [5, 5.41) is 12.8. The third-order valence-corrected chi connectivity index (χ3v) is 2.93. The quantitative estimate of drug-likeness (QED) is 0.557. The number of piperidine rings is 1. The highest BCUT2D eigenvalue weighted by Gasteiger charge is 2.40. The van der Waals surface area contributed by atoms with Crippen LogP contribution in [0.5, 0.6) is 0 Å². The first-order valence-corrected chi connectivity index (χ1v) is 4.21. The summed E-state index contributed by atoms with van der Waals surface area (Å²) in [4.78, 5) is 0. The number of aliphatic hydroxyl groups excluding tert-OH is 1. The molecule has 2 aliphatic rings. The van der Waals surface area contributed by atoms with Crippen molar-refractivity contribution in [3.63, 3.8) is 0 Å². The SMILES string of the molecule is C[C@@H](O)[C@@H]1N[C@H]2CC[C@@H]1C2. The Kier molecular flexibility index (Phi) is 1.46. The minimum Gasteiger partial charge on any atom is -0.392 e. The van der Waals surface area contributed by atoms with E-state index in [2.05, 4.69) is 5.32 Å². The van der Waals surface area contributed by atoms with E-state index in [0.717, 1.165) is 12.0 Å². The van der Waals surface area contributed by atoms with Crippen molar-refractivity contribution in [2.75, 3.05) is 0 Å². The highest BCUT2D eigenvalue weighted by atomic mass is 16.3. The third-order valence-electron chi connectivity index (χ3n) is 2.93. The second kappa shape index (κ2) is 2.21. The molecule has 58 valence electrons. The number of nitrogens with one attached hydrogen (secondary N) is 1. The van der Waals surface area contributed by atoms with Crippen LogP contribution in [0.15, 0.2) is 0 Å². The van der Waals surface area contributed by atoms with Crippen LogP contribution >= 0.6 is 0 Å². The maximum atomic E-state index is 9.31. The lowest BCUT2D eigenvalue weighted by Gasteiger charge is -2.25. The predicted octanol–water partition coefficient (Wildman–Crippen LogP) is 0.508. The van der Waals surface area contributed by atoms with Crippen molar-refractivity contribution < 1.29 is 5.11 Å². The van der Waals surface area contributed by atoms with Gasteiger partial charge in [-0.05, 0) is 32.1 Å². The Hall–Kier alpha value is -0.0800. The van der Waals surface area contributed by atoms with Crippen LogP contribution in [0, 0.1) is 5.92 Å². The Bertz CT molecular complexity index is 135. The highest BCUT2D eigenvalue weighted by molar-refractivity contribution is 4.98. The molecule has 2 fully saturated rings. The molecule has 2 nitrogen and oxygen atoms in total. The summed E-state index contributed by atoms with van der Waals surface area (Å²) in [5.74, 6) is 0.769. The second-order valence-electron chi connectivity index (χ2n) is 3.70. The van der Waals surface area contributed by atoms with Crippen LogP contribution in [0.1, 0.15) is 26.2 Å². The van der Waals surface area contributed by atoms with Crippen molar-refractivity contribution in [2.45, 2.75) is 44.4 Å². The van der Waals surface area contributed by atoms with Gasteiger partial charge in [-0.1, -0.05) is 0 Å². The predicted molar refractivity (Wildman–Crippen MR) is 39.7 cm³/mol. The van der Waals surface area contributed by atoms with Gasteiger partial charge in [-0.25, -0.2) is 0 Å². The van der Waals surface area contributed by atoms with Gasteiger partial charge in [0.15, 0.2) is 0 Å². The van der Waals surface area contributed by atoms with Crippen molar-refractivity contribution >= 4 is 0 Å². The summed E-state index contributed by atoms with van der Waals surface area (Å²) < 4.78 is 0. The molecule has 2 rings (SSSR count). The van der Waals surface area contributed by atoms with Crippen molar-refractivity contribution in [1.29, 1.82) is 0 Å². The van der Waals surface area contributed by atoms with Crippen LogP contribution in [-0.2, 0) is 0 Å². The summed E-state index contributed by atoms with van der Waals surface area (Å²) >= 11 is 0. The highest BCUT2D eigenvalue weighted by Crippen LogP contribution is 2.36. The van der Waals surface area contributed by atoms with Crippen LogP contribution < -0.4 is 5.32 Å². The van der Waals surface area contributed by atoms with Gasteiger partial charge in [-0.15, -0.1) is 0 Å². The molecule has 0 spiro atoms. The van der Waals surface area contributed by atoms with E-state index in [-0.39, 0.29) is 6.10 Å². The number of aliphatic hydroxyl groups is 1. The molecule has 10 heavy (non-hydrogen) atoms. The second-order valence-corrected chi connectivity index (χ2v) is 3.70. The van der Waals surface area contributed by atoms with Crippen LogP contribution in [0.3, 0.4) is 0 Å². The zero-order chi connectivity index (χ0) is 7.14. The first-order valence-electron chi connectivity index (χ1n) is 4.21. The van der Waals surface area contributed by atoms with Crippen molar-refractivity contribution in [2.24, 2.45) is 5.92 Å². The molecular formula is C8H15NO.